The number of esters is 1. The first-order valence-corrected chi connectivity index (χ1v) is 11.8. The number of amides is 1. The van der Waals surface area contributed by atoms with Gasteiger partial charge in [0.15, 0.2) is 11.2 Å². The van der Waals surface area contributed by atoms with Crippen LogP contribution in [0.5, 0.6) is 5.75 Å². The summed E-state index contributed by atoms with van der Waals surface area (Å²) in [5.41, 5.74) is 0.744. The summed E-state index contributed by atoms with van der Waals surface area (Å²) < 4.78 is 17.8. The molecule has 0 aliphatic carbocycles. The van der Waals surface area contributed by atoms with Crippen molar-refractivity contribution in [2.75, 3.05) is 5.32 Å². The molecule has 4 rings (SSSR count). The van der Waals surface area contributed by atoms with Gasteiger partial charge in [-0.3, -0.25) is 10.1 Å². The number of hydrogen-bond acceptors (Lipinski definition) is 7. The lowest BCUT2D eigenvalue weighted by Crippen LogP contribution is -2.18. The van der Waals surface area contributed by atoms with Gasteiger partial charge in [0.05, 0.1) is 0 Å². The third kappa shape index (κ3) is 5.58. The van der Waals surface area contributed by atoms with Gasteiger partial charge in [0.2, 0.25) is 0 Å². The molecule has 0 radical (unpaired) electrons. The van der Waals surface area contributed by atoms with E-state index in [1.165, 1.54) is 35.6 Å². The summed E-state index contributed by atoms with van der Waals surface area (Å²) >= 11 is 1.17. The first-order chi connectivity index (χ1) is 16.0. The van der Waals surface area contributed by atoms with Crippen molar-refractivity contribution in [2.24, 2.45) is 0 Å². The summed E-state index contributed by atoms with van der Waals surface area (Å²) in [7, 11) is -1.43. The molecule has 1 heterocycles. The summed E-state index contributed by atoms with van der Waals surface area (Å²) in [5, 5.41) is 15.1. The van der Waals surface area contributed by atoms with Gasteiger partial charge in [-0.1, -0.05) is 48.5 Å². The normalized spacial score (nSPS) is 12.5. The van der Waals surface area contributed by atoms with E-state index in [4.69, 9.17) is 4.74 Å². The van der Waals surface area contributed by atoms with E-state index in [2.05, 4.69) is 10.3 Å². The number of nitrogens with one attached hydrogen (secondary N) is 1. The van der Waals surface area contributed by atoms with Crippen molar-refractivity contribution in [2.45, 2.75) is 16.0 Å². The van der Waals surface area contributed by atoms with E-state index in [1.807, 2.05) is 6.07 Å². The van der Waals surface area contributed by atoms with Crippen LogP contribution in [0, 0.1) is 0 Å². The monoisotopic (exact) mass is 478 g/mol. The summed E-state index contributed by atoms with van der Waals surface area (Å²) in [4.78, 5) is 29.5. The van der Waals surface area contributed by atoms with Gasteiger partial charge in [0.1, 0.15) is 21.6 Å². The second-order valence-electron chi connectivity index (χ2n) is 6.79. The lowest BCUT2D eigenvalue weighted by atomic mass is 10.1. The number of anilines is 1. The summed E-state index contributed by atoms with van der Waals surface area (Å²) in [6.45, 7) is 0. The molecule has 0 bridgehead atoms. The Morgan fingerprint density at radius 1 is 0.939 bits per heavy atom. The van der Waals surface area contributed by atoms with Crippen LogP contribution >= 0.6 is 11.3 Å². The fourth-order valence-corrected chi connectivity index (χ4v) is 4.79. The van der Waals surface area contributed by atoms with Gasteiger partial charge in [-0.05, 0) is 42.0 Å². The highest BCUT2D eigenvalue weighted by Crippen LogP contribution is 2.23. The van der Waals surface area contributed by atoms with Crippen molar-refractivity contribution in [3.05, 3.63) is 101 Å². The van der Waals surface area contributed by atoms with Crippen molar-refractivity contribution < 1.29 is 23.6 Å². The van der Waals surface area contributed by atoms with Crippen molar-refractivity contribution in [3.63, 3.8) is 0 Å². The second-order valence-corrected chi connectivity index (χ2v) is 9.07. The SMILES string of the molecule is O=C(Nc1nc(S(=O)c2ccccc2)cs1)c1ccc(OC(=O)[C@@H](O)c2ccccc2)cc1. The van der Waals surface area contributed by atoms with Crippen LogP contribution in [-0.2, 0) is 15.6 Å². The van der Waals surface area contributed by atoms with Crippen LogP contribution in [0.1, 0.15) is 22.0 Å². The zero-order chi connectivity index (χ0) is 23.2. The predicted octanol–water partition coefficient (Wildman–Crippen LogP) is 4.20. The minimum absolute atomic E-state index is 0.196. The average Bonchev–Trinajstić information content (AvgIpc) is 3.33. The van der Waals surface area contributed by atoms with Gasteiger partial charge < -0.3 is 9.84 Å². The summed E-state index contributed by atoms with van der Waals surface area (Å²) in [6, 6.07) is 23.3. The van der Waals surface area contributed by atoms with E-state index in [-0.39, 0.29) is 5.75 Å². The molecule has 2 atom stereocenters. The molecule has 166 valence electrons. The molecule has 1 aromatic heterocycles. The molecule has 0 aliphatic heterocycles. The van der Waals surface area contributed by atoms with E-state index in [0.29, 0.717) is 26.2 Å². The van der Waals surface area contributed by atoms with E-state index in [1.54, 1.807) is 60.0 Å². The van der Waals surface area contributed by atoms with Gasteiger partial charge in [-0.25, -0.2) is 14.0 Å². The molecule has 1 unspecified atom stereocenters. The molecule has 4 aromatic rings. The van der Waals surface area contributed by atoms with Crippen LogP contribution < -0.4 is 10.1 Å². The van der Waals surface area contributed by atoms with Gasteiger partial charge in [-0.15, -0.1) is 11.3 Å². The standard InChI is InChI=1S/C24H18N2O5S2/c27-21(16-7-3-1-4-8-16)23(29)31-18-13-11-17(12-14-18)22(28)26-24-25-20(15-32-24)33(30)19-9-5-2-6-10-19/h1-15,21,27H,(H,25,26,28)/t21-,33?/m0/s1. The van der Waals surface area contributed by atoms with Crippen LogP contribution in [0.4, 0.5) is 5.13 Å². The molecule has 9 heteroatoms. The number of benzene rings is 3. The van der Waals surface area contributed by atoms with Crippen molar-refractivity contribution in [1.82, 2.24) is 4.98 Å². The first-order valence-electron chi connectivity index (χ1n) is 9.80. The smallest absolute Gasteiger partial charge is 0.345 e. The fourth-order valence-electron chi connectivity index (χ4n) is 2.85. The first kappa shape index (κ1) is 22.5. The molecule has 0 saturated carbocycles. The highest BCUT2D eigenvalue weighted by molar-refractivity contribution is 7.85. The van der Waals surface area contributed by atoms with Crippen LogP contribution in [0.15, 0.2) is 100 Å². The highest BCUT2D eigenvalue weighted by Gasteiger charge is 2.20. The van der Waals surface area contributed by atoms with E-state index < -0.39 is 28.8 Å². The lowest BCUT2D eigenvalue weighted by Gasteiger charge is -2.11. The molecule has 0 spiro atoms. The fraction of sp³-hybridized carbons (Fsp3) is 0.0417. The average molecular weight is 479 g/mol. The van der Waals surface area contributed by atoms with Crippen LogP contribution in [-0.4, -0.2) is 26.2 Å². The Morgan fingerprint density at radius 3 is 2.24 bits per heavy atom. The summed E-state index contributed by atoms with van der Waals surface area (Å²) in [5.74, 6) is -1.04. The van der Waals surface area contributed by atoms with Gasteiger partial charge in [-0.2, -0.15) is 0 Å². The third-order valence-electron chi connectivity index (χ3n) is 4.52. The number of hydrogen-bond donors (Lipinski definition) is 2. The Hall–Kier alpha value is -3.66. The van der Waals surface area contributed by atoms with Gasteiger partial charge in [0.25, 0.3) is 5.91 Å². The maximum atomic E-state index is 12.6. The highest BCUT2D eigenvalue weighted by atomic mass is 32.2. The number of aliphatic hydroxyl groups excluding tert-OH is 1. The number of carbonyl (C=O) groups excluding carboxylic acids is 2. The zero-order valence-corrected chi connectivity index (χ0v) is 18.7. The number of rotatable bonds is 7. The molecule has 7 nitrogen and oxygen atoms in total. The Labute approximate surface area is 196 Å². The molecule has 1 amide bonds. The minimum Gasteiger partial charge on any atom is -0.424 e. The van der Waals surface area contributed by atoms with Gasteiger partial charge in [0, 0.05) is 15.8 Å². The Balaban J connectivity index is 1.36. The summed E-state index contributed by atoms with van der Waals surface area (Å²) in [6.07, 6.45) is -1.41. The molecule has 0 aliphatic rings. The number of nitrogens with zero attached hydrogens (tertiary/aromatic N) is 1. The number of carbonyl (C=O) groups is 2. The Morgan fingerprint density at radius 2 is 1.58 bits per heavy atom. The number of aliphatic hydroxyl groups is 1. The topological polar surface area (TPSA) is 106 Å². The number of ether oxygens (including phenoxy) is 1. The quantitative estimate of drug-likeness (QED) is 0.305. The zero-order valence-electron chi connectivity index (χ0n) is 17.1. The molecule has 0 saturated heterocycles. The largest absolute Gasteiger partial charge is 0.424 e. The van der Waals surface area contributed by atoms with E-state index in [9.17, 15) is 18.9 Å². The molecule has 33 heavy (non-hydrogen) atoms. The van der Waals surface area contributed by atoms with Crippen molar-refractivity contribution in [1.29, 1.82) is 0 Å². The third-order valence-corrected chi connectivity index (χ3v) is 6.72. The molecule has 2 N–H and O–H groups in total. The molecular weight excluding hydrogens is 460 g/mol. The maximum absolute atomic E-state index is 12.6. The van der Waals surface area contributed by atoms with Crippen LogP contribution in [0.25, 0.3) is 0 Å². The predicted molar refractivity (Wildman–Crippen MR) is 125 cm³/mol. The molecule has 3 aromatic carbocycles. The maximum Gasteiger partial charge on any atom is 0.345 e. The number of thiazole rings is 1. The van der Waals surface area contributed by atoms with Crippen LogP contribution in [0.2, 0.25) is 0 Å². The van der Waals surface area contributed by atoms with Crippen LogP contribution in [0.3, 0.4) is 0 Å². The second kappa shape index (κ2) is 10.3. The van der Waals surface area contributed by atoms with Crippen molar-refractivity contribution in [3.8, 4) is 5.75 Å². The van der Waals surface area contributed by atoms with E-state index in [0.717, 1.165) is 0 Å². The van der Waals surface area contributed by atoms with Crippen molar-refractivity contribution >= 4 is 39.1 Å². The molecular formula is C24H18N2O5S2. The lowest BCUT2D eigenvalue weighted by molar-refractivity contribution is -0.144. The Bertz CT molecular complexity index is 1280. The number of aromatic nitrogens is 1. The van der Waals surface area contributed by atoms with E-state index >= 15 is 0 Å². The minimum atomic E-state index is -1.43. The Kier molecular flexibility index (Phi) is 7.04. The molecule has 0 fully saturated rings. The van der Waals surface area contributed by atoms with Gasteiger partial charge >= 0.3 is 5.97 Å².